The van der Waals surface area contributed by atoms with Crippen LogP contribution in [0, 0.1) is 29.1 Å². The zero-order valence-corrected chi connectivity index (χ0v) is 31.9. The van der Waals surface area contributed by atoms with Crippen molar-refractivity contribution in [1.82, 2.24) is 0 Å². The molecule has 16 nitrogen and oxygen atoms in total. The van der Waals surface area contributed by atoms with Crippen molar-refractivity contribution in [3.63, 3.8) is 0 Å². The lowest BCUT2D eigenvalue weighted by molar-refractivity contribution is -0.136. The topological polar surface area (TPSA) is 172 Å². The molecule has 0 aromatic heterocycles. The number of benzene rings is 1. The molecule has 0 aliphatic carbocycles. The van der Waals surface area contributed by atoms with Crippen LogP contribution in [0.3, 0.4) is 0 Å². The number of esters is 1. The highest BCUT2D eigenvalue weighted by molar-refractivity contribution is 5.72. The number of nitrogens with two attached hydrogens (primary N) is 1. The highest BCUT2D eigenvalue weighted by Crippen LogP contribution is 2.29. The summed E-state index contributed by atoms with van der Waals surface area (Å²) in [6, 6.07) is 0. The number of halogens is 5. The summed E-state index contributed by atoms with van der Waals surface area (Å²) in [5.74, 6) is -14.2. The summed E-state index contributed by atoms with van der Waals surface area (Å²) < 4.78 is 141. The molecule has 2 N–H and O–H groups in total. The molecule has 0 bridgehead atoms. The van der Waals surface area contributed by atoms with Gasteiger partial charge in [0, 0.05) is 6.54 Å². The minimum absolute atomic E-state index is 0.0770. The molecule has 0 radical (unpaired) electrons. The summed E-state index contributed by atoms with van der Waals surface area (Å²) in [6.45, 7) is 10.8. The Morgan fingerprint density at radius 1 is 0.321 bits per heavy atom. The number of hydrogen-bond acceptors (Lipinski definition) is 16. The van der Waals surface area contributed by atoms with Crippen molar-refractivity contribution in [2.24, 2.45) is 5.73 Å². The van der Waals surface area contributed by atoms with Gasteiger partial charge >= 0.3 is 5.97 Å². The van der Waals surface area contributed by atoms with E-state index in [1.807, 2.05) is 0 Å². The molecule has 0 atom stereocenters. The van der Waals surface area contributed by atoms with E-state index in [1.165, 1.54) is 0 Å². The normalized spacial score (nSPS) is 11.5. The van der Waals surface area contributed by atoms with Gasteiger partial charge in [-0.15, -0.1) is 0 Å². The lowest BCUT2D eigenvalue weighted by atomic mass is 10.2. The van der Waals surface area contributed by atoms with Crippen LogP contribution < -0.4 is 10.5 Å². The molecular formula is C35H58F5NO15. The van der Waals surface area contributed by atoms with Crippen molar-refractivity contribution in [3.05, 3.63) is 29.1 Å². The fourth-order valence-electron chi connectivity index (χ4n) is 3.82. The number of carbonyl (C=O) groups excluding carboxylic acids is 1. The molecule has 1 rings (SSSR count). The second-order valence-electron chi connectivity index (χ2n) is 10.9. The van der Waals surface area contributed by atoms with Crippen LogP contribution in [0.5, 0.6) is 5.75 Å². The first-order chi connectivity index (χ1) is 27.4. The standard InChI is InChI=1S/C35H58F5NO15/c36-30-31(37)33(39)35(34(40)32(30)38)56-29(42)1-3-43-5-7-45-9-11-47-13-15-49-17-19-51-21-23-53-25-27-55-28-26-54-24-22-52-20-18-50-16-14-48-12-10-46-8-6-44-4-2-41/h1-28,41H2. The van der Waals surface area contributed by atoms with E-state index in [0.29, 0.717) is 152 Å². The predicted molar refractivity (Wildman–Crippen MR) is 186 cm³/mol. The lowest BCUT2D eigenvalue weighted by Gasteiger charge is -2.09. The van der Waals surface area contributed by atoms with E-state index in [-0.39, 0.29) is 26.4 Å². The maximum Gasteiger partial charge on any atom is 0.313 e. The lowest BCUT2D eigenvalue weighted by Crippen LogP contribution is -2.16. The van der Waals surface area contributed by atoms with Crippen molar-refractivity contribution >= 4 is 5.97 Å². The third kappa shape index (κ3) is 29.1. The highest BCUT2D eigenvalue weighted by atomic mass is 19.2. The van der Waals surface area contributed by atoms with Crippen LogP contribution in [-0.4, -0.2) is 184 Å². The molecule has 0 saturated heterocycles. The summed E-state index contributed by atoms with van der Waals surface area (Å²) >= 11 is 0. The fourth-order valence-corrected chi connectivity index (χ4v) is 3.82. The van der Waals surface area contributed by atoms with E-state index >= 15 is 0 Å². The first-order valence-corrected chi connectivity index (χ1v) is 18.3. The van der Waals surface area contributed by atoms with E-state index < -0.39 is 47.2 Å². The van der Waals surface area contributed by atoms with E-state index in [2.05, 4.69) is 4.74 Å². The SMILES string of the molecule is NCCOCCOCCOCCOCCOCCOCCOCCOCCOCCOCCOCCOCCOCCC(=O)Oc1c(F)c(F)c(F)c(F)c1F. The minimum atomic E-state index is -2.35. The first kappa shape index (κ1) is 51.8. The maximum atomic E-state index is 13.6. The molecule has 0 fully saturated rings. The van der Waals surface area contributed by atoms with Crippen molar-refractivity contribution in [1.29, 1.82) is 0 Å². The average Bonchev–Trinajstić information content (AvgIpc) is 3.20. The number of hydrogen-bond donors (Lipinski definition) is 1. The van der Waals surface area contributed by atoms with Gasteiger partial charge in [0.15, 0.2) is 0 Å². The Hall–Kier alpha value is -2.22. The monoisotopic (exact) mass is 827 g/mol. The molecule has 1 aromatic carbocycles. The molecule has 0 aliphatic heterocycles. The number of rotatable bonds is 42. The van der Waals surface area contributed by atoms with Crippen molar-refractivity contribution in [2.45, 2.75) is 6.42 Å². The van der Waals surface area contributed by atoms with Crippen molar-refractivity contribution in [3.8, 4) is 5.75 Å². The minimum Gasteiger partial charge on any atom is -0.420 e. The summed E-state index contributed by atoms with van der Waals surface area (Å²) in [5, 5.41) is 0. The summed E-state index contributed by atoms with van der Waals surface area (Å²) in [6.07, 6.45) is -0.490. The summed E-state index contributed by atoms with van der Waals surface area (Å²) in [7, 11) is 0. The Morgan fingerprint density at radius 3 is 0.750 bits per heavy atom. The van der Waals surface area contributed by atoms with Crippen LogP contribution in [0.25, 0.3) is 0 Å². The zero-order valence-electron chi connectivity index (χ0n) is 31.9. The second-order valence-corrected chi connectivity index (χ2v) is 10.9. The van der Waals surface area contributed by atoms with Gasteiger partial charge in [-0.3, -0.25) is 4.79 Å². The molecule has 0 amide bonds. The molecule has 328 valence electrons. The largest absolute Gasteiger partial charge is 0.420 e. The molecule has 1 aromatic rings. The predicted octanol–water partition coefficient (Wildman–Crippen LogP) is 1.85. The zero-order chi connectivity index (χ0) is 40.7. The summed E-state index contributed by atoms with van der Waals surface area (Å²) in [5.41, 5.74) is 5.32. The molecular weight excluding hydrogens is 769 g/mol. The van der Waals surface area contributed by atoms with Crippen molar-refractivity contribution < 1.29 is 93.1 Å². The molecule has 0 unspecified atom stereocenters. The first-order valence-electron chi connectivity index (χ1n) is 18.3. The highest BCUT2D eigenvalue weighted by Gasteiger charge is 2.28. The van der Waals surface area contributed by atoms with Gasteiger partial charge in [-0.05, 0) is 0 Å². The molecule has 0 spiro atoms. The van der Waals surface area contributed by atoms with Crippen LogP contribution in [0.1, 0.15) is 6.42 Å². The second kappa shape index (κ2) is 38.3. The van der Waals surface area contributed by atoms with Crippen LogP contribution in [0.4, 0.5) is 22.0 Å². The molecule has 21 heteroatoms. The van der Waals surface area contributed by atoms with Gasteiger partial charge in [0.1, 0.15) is 0 Å². The Balaban J connectivity index is 1.70. The smallest absolute Gasteiger partial charge is 0.313 e. The van der Waals surface area contributed by atoms with E-state index in [0.717, 1.165) is 0 Å². The molecule has 0 saturated carbocycles. The van der Waals surface area contributed by atoms with Gasteiger partial charge in [-0.25, -0.2) is 13.2 Å². The van der Waals surface area contributed by atoms with Crippen LogP contribution in [-0.2, 0) is 66.4 Å². The quantitative estimate of drug-likeness (QED) is 0.0253. The molecule has 0 aliphatic rings. The van der Waals surface area contributed by atoms with Gasteiger partial charge < -0.3 is 72.0 Å². The Labute approximate surface area is 324 Å². The van der Waals surface area contributed by atoms with E-state index in [4.69, 9.17) is 67.3 Å². The van der Waals surface area contributed by atoms with E-state index in [9.17, 15) is 26.7 Å². The third-order valence-corrected chi connectivity index (χ3v) is 6.56. The molecule has 56 heavy (non-hydrogen) atoms. The Kier molecular flexibility index (Phi) is 35.4. The third-order valence-electron chi connectivity index (χ3n) is 6.56. The number of ether oxygens (including phenoxy) is 14. The van der Waals surface area contributed by atoms with E-state index in [1.54, 1.807) is 0 Å². The van der Waals surface area contributed by atoms with Gasteiger partial charge in [0.2, 0.25) is 34.8 Å². The average molecular weight is 828 g/mol. The molecule has 0 heterocycles. The number of carbonyl (C=O) groups is 1. The van der Waals surface area contributed by atoms with Gasteiger partial charge in [0.05, 0.1) is 178 Å². The fraction of sp³-hybridized carbons (Fsp3) is 0.800. The summed E-state index contributed by atoms with van der Waals surface area (Å²) in [4.78, 5) is 11.7. The Morgan fingerprint density at radius 2 is 0.518 bits per heavy atom. The van der Waals surface area contributed by atoms with Crippen LogP contribution in [0.15, 0.2) is 0 Å². The van der Waals surface area contributed by atoms with Gasteiger partial charge in [0.25, 0.3) is 0 Å². The van der Waals surface area contributed by atoms with Crippen molar-refractivity contribution in [2.75, 3.05) is 178 Å². The Bertz CT molecular complexity index is 1060. The van der Waals surface area contributed by atoms with Gasteiger partial charge in [-0.1, -0.05) is 0 Å². The van der Waals surface area contributed by atoms with Crippen LogP contribution in [0.2, 0.25) is 0 Å². The maximum absolute atomic E-state index is 13.6. The van der Waals surface area contributed by atoms with Crippen LogP contribution >= 0.6 is 0 Å². The van der Waals surface area contributed by atoms with Gasteiger partial charge in [-0.2, -0.15) is 8.78 Å².